The number of benzene rings is 1. The van der Waals surface area contributed by atoms with Crippen molar-refractivity contribution in [2.24, 2.45) is 17.4 Å². The number of hydrogen-bond donors (Lipinski definition) is 2. The maximum absolute atomic E-state index is 5.69. The second kappa shape index (κ2) is 4.82. The molecule has 1 aliphatic heterocycles. The number of anilines is 1. The number of rotatable bonds is 4. The number of para-hydroxylation sites is 1. The largest absolute Gasteiger partial charge is 0.330 e. The maximum Gasteiger partial charge on any atom is 0.0564 e. The van der Waals surface area contributed by atoms with Crippen LogP contribution in [0.15, 0.2) is 24.3 Å². The van der Waals surface area contributed by atoms with Crippen LogP contribution in [-0.4, -0.2) is 31.7 Å². The van der Waals surface area contributed by atoms with E-state index in [1.54, 1.807) is 0 Å². The molecule has 1 aromatic carbocycles. The normalized spacial score (nSPS) is 15.9. The Balaban J connectivity index is 2.06. The van der Waals surface area contributed by atoms with E-state index in [4.69, 9.17) is 11.5 Å². The van der Waals surface area contributed by atoms with Crippen LogP contribution in [0.2, 0.25) is 0 Å². The summed E-state index contributed by atoms with van der Waals surface area (Å²) in [4.78, 5) is 0. The summed E-state index contributed by atoms with van der Waals surface area (Å²) in [5.41, 5.74) is 14.0. The van der Waals surface area contributed by atoms with Crippen LogP contribution < -0.4 is 16.5 Å². The van der Waals surface area contributed by atoms with Crippen molar-refractivity contribution in [1.82, 2.24) is 5.01 Å². The van der Waals surface area contributed by atoms with Gasteiger partial charge in [-0.25, -0.2) is 5.01 Å². The molecule has 0 fully saturated rings. The highest BCUT2D eigenvalue weighted by Crippen LogP contribution is 2.29. The number of nitrogens with two attached hydrogens (primary N) is 2. The topological polar surface area (TPSA) is 58.5 Å². The minimum Gasteiger partial charge on any atom is -0.330 e. The lowest BCUT2D eigenvalue weighted by atomic mass is 10.1. The zero-order valence-electron chi connectivity index (χ0n) is 9.76. The fourth-order valence-electron chi connectivity index (χ4n) is 2.15. The molecule has 0 radical (unpaired) electrons. The molecule has 4 nitrogen and oxygen atoms in total. The van der Waals surface area contributed by atoms with Crippen LogP contribution in [0.25, 0.3) is 0 Å². The SMILES string of the molecule is CN1c2ccccc2CN1CC(CN)CN. The summed E-state index contributed by atoms with van der Waals surface area (Å²) in [6, 6.07) is 8.47. The highest BCUT2D eigenvalue weighted by molar-refractivity contribution is 5.55. The molecule has 1 aliphatic rings. The fraction of sp³-hybridized carbons (Fsp3) is 0.500. The lowest BCUT2D eigenvalue weighted by Crippen LogP contribution is -2.41. The molecule has 0 amide bonds. The molecule has 2 rings (SSSR count). The minimum atomic E-state index is 0.372. The van der Waals surface area contributed by atoms with Crippen LogP contribution in [0.3, 0.4) is 0 Å². The molecule has 0 spiro atoms. The fourth-order valence-corrected chi connectivity index (χ4v) is 2.15. The highest BCUT2D eigenvalue weighted by Gasteiger charge is 2.24. The molecular formula is C12H20N4. The molecule has 0 aliphatic carbocycles. The van der Waals surface area contributed by atoms with Crippen molar-refractivity contribution < 1.29 is 0 Å². The average Bonchev–Trinajstić information content (AvgIpc) is 2.64. The Morgan fingerprint density at radius 3 is 2.56 bits per heavy atom. The average molecular weight is 220 g/mol. The van der Waals surface area contributed by atoms with Gasteiger partial charge in [0.1, 0.15) is 0 Å². The number of nitrogens with zero attached hydrogens (tertiary/aromatic N) is 2. The van der Waals surface area contributed by atoms with Crippen molar-refractivity contribution in [3.05, 3.63) is 29.8 Å². The van der Waals surface area contributed by atoms with Gasteiger partial charge < -0.3 is 16.5 Å². The molecule has 4 N–H and O–H groups in total. The first kappa shape index (κ1) is 11.4. The number of hydrogen-bond acceptors (Lipinski definition) is 4. The van der Waals surface area contributed by atoms with Crippen molar-refractivity contribution in [1.29, 1.82) is 0 Å². The molecule has 1 aromatic rings. The van der Waals surface area contributed by atoms with Crippen LogP contribution in [0.5, 0.6) is 0 Å². The maximum atomic E-state index is 5.69. The van der Waals surface area contributed by atoms with Gasteiger partial charge in [0, 0.05) is 20.1 Å². The van der Waals surface area contributed by atoms with E-state index in [0.29, 0.717) is 19.0 Å². The quantitative estimate of drug-likeness (QED) is 0.770. The van der Waals surface area contributed by atoms with E-state index in [0.717, 1.165) is 13.1 Å². The molecular weight excluding hydrogens is 200 g/mol. The predicted molar refractivity (Wildman–Crippen MR) is 66.9 cm³/mol. The lowest BCUT2D eigenvalue weighted by Gasteiger charge is -2.29. The summed E-state index contributed by atoms with van der Waals surface area (Å²) in [5, 5.41) is 4.50. The first-order chi connectivity index (χ1) is 7.76. The highest BCUT2D eigenvalue weighted by atomic mass is 15.6. The summed E-state index contributed by atoms with van der Waals surface area (Å²) >= 11 is 0. The summed E-state index contributed by atoms with van der Waals surface area (Å²) < 4.78 is 0. The Kier molecular flexibility index (Phi) is 3.43. The minimum absolute atomic E-state index is 0.372. The van der Waals surface area contributed by atoms with Crippen LogP contribution >= 0.6 is 0 Å². The van der Waals surface area contributed by atoms with Gasteiger partial charge in [-0.15, -0.1) is 0 Å². The molecule has 0 saturated heterocycles. The van der Waals surface area contributed by atoms with E-state index >= 15 is 0 Å². The smallest absolute Gasteiger partial charge is 0.0564 e. The van der Waals surface area contributed by atoms with Crippen molar-refractivity contribution >= 4 is 5.69 Å². The van der Waals surface area contributed by atoms with E-state index in [1.165, 1.54) is 11.3 Å². The van der Waals surface area contributed by atoms with E-state index in [9.17, 15) is 0 Å². The second-order valence-electron chi connectivity index (χ2n) is 4.34. The van der Waals surface area contributed by atoms with Crippen molar-refractivity contribution in [3.8, 4) is 0 Å². The van der Waals surface area contributed by atoms with Gasteiger partial charge in [-0.1, -0.05) is 18.2 Å². The van der Waals surface area contributed by atoms with Gasteiger partial charge in [-0.2, -0.15) is 0 Å². The Morgan fingerprint density at radius 2 is 1.94 bits per heavy atom. The molecule has 0 saturated carbocycles. The number of fused-ring (bicyclic) bond motifs is 1. The van der Waals surface area contributed by atoms with Crippen LogP contribution in [0.1, 0.15) is 5.56 Å². The van der Waals surface area contributed by atoms with E-state index in [-0.39, 0.29) is 0 Å². The van der Waals surface area contributed by atoms with Crippen molar-refractivity contribution in [2.45, 2.75) is 6.54 Å². The lowest BCUT2D eigenvalue weighted by molar-refractivity contribution is 0.237. The molecule has 0 atom stereocenters. The van der Waals surface area contributed by atoms with Crippen LogP contribution in [0, 0.1) is 5.92 Å². The van der Waals surface area contributed by atoms with E-state index < -0.39 is 0 Å². The molecule has 16 heavy (non-hydrogen) atoms. The summed E-state index contributed by atoms with van der Waals surface area (Å²) in [6.07, 6.45) is 0. The van der Waals surface area contributed by atoms with Gasteiger partial charge in [0.2, 0.25) is 0 Å². The first-order valence-electron chi connectivity index (χ1n) is 5.73. The van der Waals surface area contributed by atoms with Gasteiger partial charge >= 0.3 is 0 Å². The number of hydrazine groups is 1. The van der Waals surface area contributed by atoms with E-state index in [2.05, 4.69) is 41.3 Å². The van der Waals surface area contributed by atoms with Gasteiger partial charge in [0.15, 0.2) is 0 Å². The molecule has 4 heteroatoms. The summed E-state index contributed by atoms with van der Waals surface area (Å²) in [6.45, 7) is 3.19. The van der Waals surface area contributed by atoms with Gasteiger partial charge in [0.25, 0.3) is 0 Å². The van der Waals surface area contributed by atoms with Gasteiger partial charge in [0.05, 0.1) is 5.69 Å². The predicted octanol–water partition coefficient (Wildman–Crippen LogP) is 0.387. The third-order valence-corrected chi connectivity index (χ3v) is 3.25. The molecule has 0 unspecified atom stereocenters. The summed E-state index contributed by atoms with van der Waals surface area (Å²) in [7, 11) is 2.09. The third-order valence-electron chi connectivity index (χ3n) is 3.25. The Hall–Kier alpha value is -1.10. The second-order valence-corrected chi connectivity index (χ2v) is 4.34. The van der Waals surface area contributed by atoms with E-state index in [1.807, 2.05) is 0 Å². The molecule has 0 bridgehead atoms. The van der Waals surface area contributed by atoms with Gasteiger partial charge in [-0.05, 0) is 30.6 Å². The van der Waals surface area contributed by atoms with Crippen LogP contribution in [0.4, 0.5) is 5.69 Å². The molecule has 88 valence electrons. The van der Waals surface area contributed by atoms with Crippen molar-refractivity contribution in [3.63, 3.8) is 0 Å². The Morgan fingerprint density at radius 1 is 1.25 bits per heavy atom. The third kappa shape index (κ3) is 2.04. The first-order valence-corrected chi connectivity index (χ1v) is 5.73. The van der Waals surface area contributed by atoms with Gasteiger partial charge in [-0.3, -0.25) is 0 Å². The monoisotopic (exact) mass is 220 g/mol. The molecule has 0 aromatic heterocycles. The van der Waals surface area contributed by atoms with Crippen molar-refractivity contribution in [2.75, 3.05) is 31.7 Å². The Labute approximate surface area is 96.8 Å². The zero-order chi connectivity index (χ0) is 11.5. The zero-order valence-corrected chi connectivity index (χ0v) is 9.76. The molecule has 1 heterocycles. The summed E-state index contributed by atoms with van der Waals surface area (Å²) in [5.74, 6) is 0.372. The standard InChI is InChI=1S/C12H20N4/c1-15-12-5-3-2-4-11(12)9-16(15)8-10(6-13)7-14/h2-5,10H,6-9,13-14H2,1H3. The van der Waals surface area contributed by atoms with Crippen LogP contribution in [-0.2, 0) is 6.54 Å². The Bertz CT molecular complexity index is 349.